The van der Waals surface area contributed by atoms with E-state index in [4.69, 9.17) is 11.0 Å². The molecule has 8 nitrogen and oxygen atoms in total. The van der Waals surface area contributed by atoms with Crippen LogP contribution in [0.1, 0.15) is 16.2 Å². The van der Waals surface area contributed by atoms with Crippen molar-refractivity contribution in [1.29, 1.82) is 0 Å². The third kappa shape index (κ3) is 2.54. The Morgan fingerprint density at radius 2 is 1.79 bits per heavy atom. The highest BCUT2D eigenvalue weighted by molar-refractivity contribution is 5.90. The summed E-state index contributed by atoms with van der Waals surface area (Å²) in [7, 11) is 0. The van der Waals surface area contributed by atoms with Crippen molar-refractivity contribution >= 4 is 17.0 Å². The number of aromatic nitrogens is 2. The number of aromatic hydroxyl groups is 2. The minimum Gasteiger partial charge on any atom is -0.504 e. The zero-order valence-corrected chi connectivity index (χ0v) is 9.70. The zero-order chi connectivity index (χ0) is 14.0. The number of carbonyl (C=O) groups is 1. The van der Waals surface area contributed by atoms with Gasteiger partial charge >= 0.3 is 5.97 Å². The topological polar surface area (TPSA) is 139 Å². The maximum atomic E-state index is 11.1. The molecule has 0 bridgehead atoms. The summed E-state index contributed by atoms with van der Waals surface area (Å²) < 4.78 is 0. The van der Waals surface area contributed by atoms with Crippen molar-refractivity contribution in [2.45, 2.75) is 6.42 Å². The number of carboxylic acids is 1. The van der Waals surface area contributed by atoms with Crippen molar-refractivity contribution < 1.29 is 25.0 Å². The number of benzene rings is 1. The zero-order valence-electron chi connectivity index (χ0n) is 9.70. The summed E-state index contributed by atoms with van der Waals surface area (Å²) in [5.74, 6) is 2.90. The van der Waals surface area contributed by atoms with Gasteiger partial charge in [-0.15, -0.1) is 0 Å². The summed E-state index contributed by atoms with van der Waals surface area (Å²) in [6, 6.07) is 2.35. The van der Waals surface area contributed by atoms with E-state index in [1.165, 1.54) is 6.07 Å². The van der Waals surface area contributed by atoms with E-state index in [0.717, 1.165) is 6.07 Å². The van der Waals surface area contributed by atoms with Crippen LogP contribution in [0.25, 0.3) is 11.0 Å². The van der Waals surface area contributed by atoms with Crippen LogP contribution in [0.3, 0.4) is 0 Å². The molecule has 0 atom stereocenters. The first-order valence-electron chi connectivity index (χ1n) is 5.30. The van der Waals surface area contributed by atoms with Gasteiger partial charge in [0.2, 0.25) is 0 Å². The molecule has 0 amide bonds. The molecular formula is C11H11N3O5. The van der Waals surface area contributed by atoms with Crippen molar-refractivity contribution in [2.24, 2.45) is 5.90 Å². The second-order valence-electron chi connectivity index (χ2n) is 3.77. The fourth-order valence-corrected chi connectivity index (χ4v) is 1.62. The highest BCUT2D eigenvalue weighted by Crippen LogP contribution is 2.28. The van der Waals surface area contributed by atoms with Crippen LogP contribution in [0.4, 0.5) is 0 Å². The number of nitrogens with two attached hydrogens (primary N) is 1. The van der Waals surface area contributed by atoms with Gasteiger partial charge < -0.3 is 20.2 Å². The molecule has 0 fully saturated rings. The number of fused-ring (bicyclic) bond motifs is 1. The van der Waals surface area contributed by atoms with E-state index in [1.807, 2.05) is 0 Å². The number of carboxylic acid groups (broad SMARTS) is 1. The van der Waals surface area contributed by atoms with E-state index in [9.17, 15) is 15.0 Å². The molecule has 0 unspecified atom stereocenters. The monoisotopic (exact) mass is 265 g/mol. The van der Waals surface area contributed by atoms with E-state index >= 15 is 0 Å². The van der Waals surface area contributed by atoms with Crippen LogP contribution in [0.5, 0.6) is 11.5 Å². The predicted molar refractivity (Wildman–Crippen MR) is 63.7 cm³/mol. The molecule has 0 saturated carbocycles. The van der Waals surface area contributed by atoms with E-state index in [0.29, 0.717) is 0 Å². The molecule has 100 valence electrons. The fourth-order valence-electron chi connectivity index (χ4n) is 1.62. The highest BCUT2D eigenvalue weighted by atomic mass is 16.6. The third-order valence-corrected chi connectivity index (χ3v) is 2.49. The molecule has 0 radical (unpaired) electrons. The highest BCUT2D eigenvalue weighted by Gasteiger charge is 2.16. The number of hydrogen-bond acceptors (Lipinski definition) is 7. The molecular weight excluding hydrogens is 254 g/mol. The number of phenols is 2. The maximum absolute atomic E-state index is 11.1. The standard InChI is InChI=1S/C11H11N3O5/c12-19-2-1-5-10(11(17)18)14-7-4-9(16)8(15)3-6(7)13-5/h3-4,15-16H,1-2,12H2,(H,17,18). The summed E-state index contributed by atoms with van der Waals surface area (Å²) >= 11 is 0. The average Bonchev–Trinajstić information content (AvgIpc) is 2.36. The number of nitrogens with zero attached hydrogens (tertiary/aromatic N) is 2. The minimum atomic E-state index is -1.24. The predicted octanol–water partition coefficient (Wildman–Crippen LogP) is 0.172. The Balaban J connectivity index is 2.62. The molecule has 2 aromatic rings. The Kier molecular flexibility index (Phi) is 3.45. The van der Waals surface area contributed by atoms with Crippen molar-refractivity contribution in [2.75, 3.05) is 6.61 Å². The largest absolute Gasteiger partial charge is 0.504 e. The molecule has 0 aliphatic heterocycles. The quantitative estimate of drug-likeness (QED) is 0.453. The second kappa shape index (κ2) is 5.04. The average molecular weight is 265 g/mol. The van der Waals surface area contributed by atoms with Gasteiger partial charge in [0, 0.05) is 18.6 Å². The molecule has 5 N–H and O–H groups in total. The van der Waals surface area contributed by atoms with Crippen molar-refractivity contribution in [3.8, 4) is 11.5 Å². The Bertz CT molecular complexity index is 644. The van der Waals surface area contributed by atoms with Gasteiger partial charge in [-0.25, -0.2) is 20.7 Å². The van der Waals surface area contributed by atoms with Crippen LogP contribution in [-0.2, 0) is 11.3 Å². The summed E-state index contributed by atoms with van der Waals surface area (Å²) in [5, 5.41) is 27.8. The molecule has 19 heavy (non-hydrogen) atoms. The van der Waals surface area contributed by atoms with Gasteiger partial charge in [0.05, 0.1) is 23.3 Å². The van der Waals surface area contributed by atoms with E-state index in [2.05, 4.69) is 14.8 Å². The third-order valence-electron chi connectivity index (χ3n) is 2.49. The van der Waals surface area contributed by atoms with Gasteiger partial charge in [-0.3, -0.25) is 0 Å². The SMILES string of the molecule is NOCCc1nc2cc(O)c(O)cc2nc1C(=O)O. The van der Waals surface area contributed by atoms with E-state index < -0.39 is 11.7 Å². The lowest BCUT2D eigenvalue weighted by molar-refractivity contribution is 0.0688. The second-order valence-corrected chi connectivity index (χ2v) is 3.77. The Morgan fingerprint density at radius 3 is 2.32 bits per heavy atom. The molecule has 1 aromatic carbocycles. The number of aromatic carboxylic acids is 1. The minimum absolute atomic E-state index is 0.0878. The van der Waals surface area contributed by atoms with E-state index in [1.54, 1.807) is 0 Å². The van der Waals surface area contributed by atoms with Crippen LogP contribution < -0.4 is 5.90 Å². The van der Waals surface area contributed by atoms with Gasteiger partial charge in [-0.1, -0.05) is 0 Å². The lowest BCUT2D eigenvalue weighted by atomic mass is 10.2. The Morgan fingerprint density at radius 1 is 1.21 bits per heavy atom. The lowest BCUT2D eigenvalue weighted by Gasteiger charge is -2.07. The number of hydrogen-bond donors (Lipinski definition) is 4. The summed E-state index contributed by atoms with van der Waals surface area (Å²) in [5.41, 5.74) is 0.391. The van der Waals surface area contributed by atoms with Crippen molar-refractivity contribution in [3.63, 3.8) is 0 Å². The van der Waals surface area contributed by atoms with Crippen LogP contribution in [0.2, 0.25) is 0 Å². The summed E-state index contributed by atoms with van der Waals surface area (Å²) in [6.07, 6.45) is 0.169. The smallest absolute Gasteiger partial charge is 0.356 e. The molecule has 1 aromatic heterocycles. The van der Waals surface area contributed by atoms with Crippen LogP contribution in [0.15, 0.2) is 12.1 Å². The Labute approximate surface area is 107 Å². The van der Waals surface area contributed by atoms with Gasteiger partial charge in [0.15, 0.2) is 17.2 Å². The van der Waals surface area contributed by atoms with Gasteiger partial charge in [-0.2, -0.15) is 0 Å². The van der Waals surface area contributed by atoms with Crippen molar-refractivity contribution in [1.82, 2.24) is 9.97 Å². The van der Waals surface area contributed by atoms with Gasteiger partial charge in [-0.05, 0) is 0 Å². The Hall–Kier alpha value is -2.45. The number of rotatable bonds is 4. The molecule has 8 heteroatoms. The summed E-state index contributed by atoms with van der Waals surface area (Å²) in [6.45, 7) is 0.0878. The molecule has 1 heterocycles. The molecule has 2 rings (SSSR count). The van der Waals surface area contributed by atoms with Crippen LogP contribution in [-0.4, -0.2) is 37.9 Å². The van der Waals surface area contributed by atoms with Gasteiger partial charge in [0.25, 0.3) is 0 Å². The normalized spacial score (nSPS) is 10.8. The van der Waals surface area contributed by atoms with Crippen LogP contribution in [0, 0.1) is 0 Å². The first-order valence-corrected chi connectivity index (χ1v) is 5.30. The fraction of sp³-hybridized carbons (Fsp3) is 0.182. The van der Waals surface area contributed by atoms with Crippen molar-refractivity contribution in [3.05, 3.63) is 23.5 Å². The first-order chi connectivity index (χ1) is 9.02. The first kappa shape index (κ1) is 13.0. The molecule has 0 aliphatic rings. The lowest BCUT2D eigenvalue weighted by Crippen LogP contribution is -2.12. The van der Waals surface area contributed by atoms with Crippen LogP contribution >= 0.6 is 0 Å². The summed E-state index contributed by atoms with van der Waals surface area (Å²) in [4.78, 5) is 23.5. The number of phenolic OH excluding ortho intramolecular Hbond substituents is 2. The van der Waals surface area contributed by atoms with Gasteiger partial charge in [0.1, 0.15) is 0 Å². The van der Waals surface area contributed by atoms with E-state index in [-0.39, 0.29) is 41.2 Å². The molecule has 0 spiro atoms. The molecule has 0 saturated heterocycles. The maximum Gasteiger partial charge on any atom is 0.356 e. The molecule has 0 aliphatic carbocycles.